The summed E-state index contributed by atoms with van der Waals surface area (Å²) in [6.45, 7) is 3.95. The zero-order valence-corrected chi connectivity index (χ0v) is 15.4. The number of amides is 1. The summed E-state index contributed by atoms with van der Waals surface area (Å²) < 4.78 is 0. The van der Waals surface area contributed by atoms with Gasteiger partial charge in [0.15, 0.2) is 0 Å². The molecule has 0 aromatic heterocycles. The van der Waals surface area contributed by atoms with Crippen LogP contribution in [0.25, 0.3) is 0 Å². The lowest BCUT2D eigenvalue weighted by Gasteiger charge is -2.30. The second kappa shape index (κ2) is 8.53. The zero-order valence-electron chi connectivity index (χ0n) is 15.4. The molecule has 7 nitrogen and oxygen atoms in total. The number of para-hydroxylation sites is 2. The van der Waals surface area contributed by atoms with E-state index in [1.54, 1.807) is 13.0 Å². The first kappa shape index (κ1) is 18.7. The van der Waals surface area contributed by atoms with Crippen molar-refractivity contribution in [2.75, 3.05) is 35.2 Å². The number of aryl methyl sites for hydroxylation is 1. The number of nitro groups is 1. The van der Waals surface area contributed by atoms with E-state index in [4.69, 9.17) is 0 Å². The van der Waals surface area contributed by atoms with Crippen LogP contribution in [0.5, 0.6) is 0 Å². The summed E-state index contributed by atoms with van der Waals surface area (Å²) >= 11 is 0. The number of nitro benzene ring substituents is 1. The van der Waals surface area contributed by atoms with Gasteiger partial charge in [0.2, 0.25) is 5.91 Å². The maximum Gasteiger partial charge on any atom is 0.271 e. The molecule has 27 heavy (non-hydrogen) atoms. The molecule has 0 spiro atoms. The van der Waals surface area contributed by atoms with Crippen LogP contribution < -0.4 is 15.5 Å². The van der Waals surface area contributed by atoms with Crippen molar-refractivity contribution < 1.29 is 9.72 Å². The fraction of sp³-hybridized carbons (Fsp3) is 0.350. The molecule has 0 unspecified atom stereocenters. The Labute approximate surface area is 158 Å². The van der Waals surface area contributed by atoms with Crippen LogP contribution in [0, 0.1) is 17.0 Å². The summed E-state index contributed by atoms with van der Waals surface area (Å²) in [4.78, 5) is 25.1. The van der Waals surface area contributed by atoms with Gasteiger partial charge in [-0.3, -0.25) is 14.9 Å². The number of carbonyl (C=O) groups excluding carboxylic acids is 1. The average molecular weight is 368 g/mol. The lowest BCUT2D eigenvalue weighted by molar-refractivity contribution is -0.384. The smallest absolute Gasteiger partial charge is 0.271 e. The van der Waals surface area contributed by atoms with Gasteiger partial charge in [-0.2, -0.15) is 0 Å². The van der Waals surface area contributed by atoms with Gasteiger partial charge in [-0.1, -0.05) is 18.2 Å². The summed E-state index contributed by atoms with van der Waals surface area (Å²) in [7, 11) is 0. The van der Waals surface area contributed by atoms with E-state index in [0.29, 0.717) is 5.69 Å². The molecular formula is C20H24N4O3. The molecule has 2 N–H and O–H groups in total. The summed E-state index contributed by atoms with van der Waals surface area (Å²) in [6.07, 6.45) is 3.62. The molecule has 7 heteroatoms. The summed E-state index contributed by atoms with van der Waals surface area (Å²) in [5.41, 5.74) is 3.23. The van der Waals surface area contributed by atoms with Gasteiger partial charge in [-0.05, 0) is 43.9 Å². The fourth-order valence-corrected chi connectivity index (χ4v) is 3.26. The average Bonchev–Trinajstić information content (AvgIpc) is 2.69. The van der Waals surface area contributed by atoms with Crippen molar-refractivity contribution in [3.63, 3.8) is 0 Å². The van der Waals surface area contributed by atoms with Gasteiger partial charge in [-0.25, -0.2) is 0 Å². The Morgan fingerprint density at radius 1 is 1.11 bits per heavy atom. The molecule has 1 aliphatic rings. The van der Waals surface area contributed by atoms with Gasteiger partial charge in [-0.15, -0.1) is 0 Å². The van der Waals surface area contributed by atoms with E-state index in [0.717, 1.165) is 30.0 Å². The Hall–Kier alpha value is -3.09. The highest BCUT2D eigenvalue weighted by molar-refractivity contribution is 5.95. The normalized spacial score (nSPS) is 13.9. The quantitative estimate of drug-likeness (QED) is 0.595. The Balaban J connectivity index is 1.65. The molecule has 0 atom stereocenters. The molecule has 0 bridgehead atoms. The van der Waals surface area contributed by atoms with Gasteiger partial charge in [0, 0.05) is 25.2 Å². The zero-order chi connectivity index (χ0) is 19.2. The van der Waals surface area contributed by atoms with E-state index >= 15 is 0 Å². The molecule has 0 radical (unpaired) electrons. The predicted molar refractivity (Wildman–Crippen MR) is 107 cm³/mol. The van der Waals surface area contributed by atoms with Crippen molar-refractivity contribution in [2.24, 2.45) is 0 Å². The Morgan fingerprint density at radius 3 is 2.59 bits per heavy atom. The van der Waals surface area contributed by atoms with Gasteiger partial charge in [0.1, 0.15) is 0 Å². The van der Waals surface area contributed by atoms with Crippen molar-refractivity contribution >= 4 is 28.7 Å². The van der Waals surface area contributed by atoms with Gasteiger partial charge in [0.05, 0.1) is 28.5 Å². The third-order valence-corrected chi connectivity index (χ3v) is 4.75. The van der Waals surface area contributed by atoms with Crippen molar-refractivity contribution in [3.05, 3.63) is 58.1 Å². The van der Waals surface area contributed by atoms with Crippen LogP contribution in [0.3, 0.4) is 0 Å². The largest absolute Gasteiger partial charge is 0.374 e. The number of carbonyl (C=O) groups is 1. The minimum absolute atomic E-state index is 0.0423. The van der Waals surface area contributed by atoms with E-state index in [2.05, 4.69) is 21.6 Å². The molecule has 2 aromatic carbocycles. The second-order valence-electron chi connectivity index (χ2n) is 6.72. The third-order valence-electron chi connectivity index (χ3n) is 4.75. The molecule has 0 saturated carbocycles. The summed E-state index contributed by atoms with van der Waals surface area (Å²) in [6, 6.07) is 12.4. The van der Waals surface area contributed by atoms with Gasteiger partial charge < -0.3 is 15.5 Å². The lowest BCUT2D eigenvalue weighted by atomic mass is 10.1. The molecule has 1 heterocycles. The third kappa shape index (κ3) is 4.75. The molecule has 1 amide bonds. The molecule has 0 aliphatic carbocycles. The SMILES string of the molecule is Cc1ccc([N+](=O)[O-])cc1NC(=O)CNc1ccccc1N1CCCCC1. The molecule has 1 fully saturated rings. The van der Waals surface area contributed by atoms with Crippen molar-refractivity contribution in [1.82, 2.24) is 0 Å². The highest BCUT2D eigenvalue weighted by atomic mass is 16.6. The number of non-ortho nitro benzene ring substituents is 1. The molecule has 142 valence electrons. The number of hydrogen-bond acceptors (Lipinski definition) is 5. The second-order valence-corrected chi connectivity index (χ2v) is 6.72. The molecule has 1 aliphatic heterocycles. The monoisotopic (exact) mass is 368 g/mol. The van der Waals surface area contributed by atoms with Gasteiger partial charge >= 0.3 is 0 Å². The van der Waals surface area contributed by atoms with E-state index in [1.807, 2.05) is 18.2 Å². The first-order valence-electron chi connectivity index (χ1n) is 9.17. The minimum atomic E-state index is -0.470. The van der Waals surface area contributed by atoms with Crippen molar-refractivity contribution in [1.29, 1.82) is 0 Å². The number of nitrogens with zero attached hydrogens (tertiary/aromatic N) is 2. The number of rotatable bonds is 6. The standard InChI is InChI=1S/C20H24N4O3/c1-15-9-10-16(24(26)27)13-18(15)22-20(25)14-21-17-7-3-4-8-19(17)23-11-5-2-6-12-23/h3-4,7-10,13,21H,2,5-6,11-12,14H2,1H3,(H,22,25). The van der Waals surface area contributed by atoms with Crippen LogP contribution in [0.15, 0.2) is 42.5 Å². The van der Waals surface area contributed by atoms with Crippen molar-refractivity contribution in [3.8, 4) is 0 Å². The van der Waals surface area contributed by atoms with Crippen LogP contribution in [-0.4, -0.2) is 30.5 Å². The molecule has 3 rings (SSSR count). The number of piperidine rings is 1. The number of benzene rings is 2. The minimum Gasteiger partial charge on any atom is -0.374 e. The number of anilines is 3. The first-order chi connectivity index (χ1) is 13.0. The van der Waals surface area contributed by atoms with E-state index in [-0.39, 0.29) is 18.1 Å². The first-order valence-corrected chi connectivity index (χ1v) is 9.17. The fourth-order valence-electron chi connectivity index (χ4n) is 3.26. The van der Waals surface area contributed by atoms with Crippen LogP contribution in [0.2, 0.25) is 0 Å². The highest BCUT2D eigenvalue weighted by Crippen LogP contribution is 2.28. The lowest BCUT2D eigenvalue weighted by Crippen LogP contribution is -2.30. The summed E-state index contributed by atoms with van der Waals surface area (Å²) in [5, 5.41) is 16.9. The van der Waals surface area contributed by atoms with Gasteiger partial charge in [0.25, 0.3) is 5.69 Å². The van der Waals surface area contributed by atoms with Crippen LogP contribution in [0.4, 0.5) is 22.7 Å². The Morgan fingerprint density at radius 2 is 1.85 bits per heavy atom. The molecule has 1 saturated heterocycles. The topological polar surface area (TPSA) is 87.5 Å². The Kier molecular flexibility index (Phi) is 5.90. The Bertz CT molecular complexity index is 832. The van der Waals surface area contributed by atoms with Crippen LogP contribution >= 0.6 is 0 Å². The number of nitrogens with one attached hydrogen (secondary N) is 2. The van der Waals surface area contributed by atoms with E-state index in [1.165, 1.54) is 31.4 Å². The van der Waals surface area contributed by atoms with Crippen LogP contribution in [0.1, 0.15) is 24.8 Å². The molecule has 2 aromatic rings. The maximum absolute atomic E-state index is 12.3. The number of hydrogen-bond donors (Lipinski definition) is 2. The van der Waals surface area contributed by atoms with E-state index in [9.17, 15) is 14.9 Å². The summed E-state index contributed by atoms with van der Waals surface area (Å²) in [5.74, 6) is -0.243. The van der Waals surface area contributed by atoms with Crippen LogP contribution in [-0.2, 0) is 4.79 Å². The van der Waals surface area contributed by atoms with E-state index < -0.39 is 4.92 Å². The predicted octanol–water partition coefficient (Wildman–Crippen LogP) is 3.94. The maximum atomic E-state index is 12.3. The molecular weight excluding hydrogens is 344 g/mol. The van der Waals surface area contributed by atoms with Crippen molar-refractivity contribution in [2.45, 2.75) is 26.2 Å². The highest BCUT2D eigenvalue weighted by Gasteiger charge is 2.15.